The van der Waals surface area contributed by atoms with E-state index in [9.17, 15) is 49.1 Å². The van der Waals surface area contributed by atoms with Gasteiger partial charge in [-0.15, -0.1) is 0 Å². The van der Waals surface area contributed by atoms with E-state index in [2.05, 4.69) is 0 Å². The normalized spacial score (nSPS) is 18.0. The lowest BCUT2D eigenvalue weighted by atomic mass is 9.87. The van der Waals surface area contributed by atoms with E-state index in [0.717, 1.165) is 21.9 Å². The van der Waals surface area contributed by atoms with E-state index in [1.165, 1.54) is 0 Å². The van der Waals surface area contributed by atoms with Gasteiger partial charge in [0.15, 0.2) is 0 Å². The molecule has 5 nitrogen and oxygen atoms in total. The zero-order chi connectivity index (χ0) is 30.2. The SMILES string of the molecule is CC[C@H]1C[C@@H](N(C=O)Cc2cc(C(F)(F)F)cc(C(F)(F)F)c2)c2cc(C(F)(F)F)ccc2N1C(=O)OC(C)C. The number of anilines is 1. The van der Waals surface area contributed by atoms with E-state index < -0.39 is 71.6 Å². The minimum absolute atomic E-state index is 0.0198. The van der Waals surface area contributed by atoms with Gasteiger partial charge in [0.2, 0.25) is 6.41 Å². The molecule has 0 aromatic heterocycles. The number of hydrogen-bond donors (Lipinski definition) is 0. The quantitative estimate of drug-likeness (QED) is 0.256. The highest BCUT2D eigenvalue weighted by atomic mass is 19.4. The predicted octanol–water partition coefficient (Wildman–Crippen LogP) is 7.98. The first-order valence-corrected chi connectivity index (χ1v) is 12.1. The van der Waals surface area contributed by atoms with Gasteiger partial charge in [-0.25, -0.2) is 4.79 Å². The van der Waals surface area contributed by atoms with Crippen molar-refractivity contribution in [2.24, 2.45) is 0 Å². The lowest BCUT2D eigenvalue weighted by molar-refractivity contribution is -0.143. The number of benzene rings is 2. The molecule has 0 bridgehead atoms. The lowest BCUT2D eigenvalue weighted by Crippen LogP contribution is -2.48. The summed E-state index contributed by atoms with van der Waals surface area (Å²) in [5.41, 5.74) is -5.02. The zero-order valence-corrected chi connectivity index (χ0v) is 21.4. The van der Waals surface area contributed by atoms with E-state index in [4.69, 9.17) is 4.74 Å². The lowest BCUT2D eigenvalue weighted by Gasteiger charge is -2.43. The van der Waals surface area contributed by atoms with Crippen LogP contribution in [0.1, 0.15) is 67.5 Å². The molecule has 2 aromatic rings. The Morgan fingerprint density at radius 1 is 0.950 bits per heavy atom. The summed E-state index contributed by atoms with van der Waals surface area (Å²) in [6.07, 6.45) is -16.3. The second-order valence-electron chi connectivity index (χ2n) is 9.58. The van der Waals surface area contributed by atoms with E-state index in [1.54, 1.807) is 20.8 Å². The van der Waals surface area contributed by atoms with Crippen molar-refractivity contribution in [1.29, 1.82) is 0 Å². The topological polar surface area (TPSA) is 49.9 Å². The Hall–Kier alpha value is -3.45. The van der Waals surface area contributed by atoms with Crippen LogP contribution in [0.15, 0.2) is 36.4 Å². The molecule has 3 rings (SSSR count). The maximum atomic E-state index is 13.6. The molecule has 0 radical (unpaired) electrons. The first-order chi connectivity index (χ1) is 18.4. The maximum absolute atomic E-state index is 13.6. The number of ether oxygens (including phenoxy) is 1. The Morgan fingerprint density at radius 3 is 1.95 bits per heavy atom. The first kappa shape index (κ1) is 31.1. The molecule has 0 fully saturated rings. The van der Waals surface area contributed by atoms with Crippen LogP contribution in [0.2, 0.25) is 0 Å². The first-order valence-electron chi connectivity index (χ1n) is 12.1. The molecular formula is C26H25F9N2O3. The fourth-order valence-electron chi connectivity index (χ4n) is 4.62. The van der Waals surface area contributed by atoms with Crippen molar-refractivity contribution in [2.75, 3.05) is 4.90 Å². The summed E-state index contributed by atoms with van der Waals surface area (Å²) in [5.74, 6) is 0. The van der Waals surface area contributed by atoms with Crippen molar-refractivity contribution in [3.8, 4) is 0 Å². The highest BCUT2D eigenvalue weighted by molar-refractivity contribution is 5.90. The Morgan fingerprint density at radius 2 is 1.50 bits per heavy atom. The van der Waals surface area contributed by atoms with Crippen LogP contribution >= 0.6 is 0 Å². The van der Waals surface area contributed by atoms with E-state index in [1.807, 2.05) is 0 Å². The van der Waals surface area contributed by atoms with Crippen molar-refractivity contribution in [3.05, 3.63) is 64.2 Å². The van der Waals surface area contributed by atoms with Crippen LogP contribution in [0, 0.1) is 0 Å². The van der Waals surface area contributed by atoms with Crippen LogP contribution in [0.25, 0.3) is 0 Å². The fraction of sp³-hybridized carbons (Fsp3) is 0.462. The number of fused-ring (bicyclic) bond motifs is 1. The molecule has 1 aliphatic heterocycles. The molecule has 0 saturated heterocycles. The van der Waals surface area contributed by atoms with Gasteiger partial charge in [-0.05, 0) is 74.2 Å². The van der Waals surface area contributed by atoms with Gasteiger partial charge >= 0.3 is 24.6 Å². The molecule has 0 unspecified atom stereocenters. The summed E-state index contributed by atoms with van der Waals surface area (Å²) in [4.78, 5) is 27.1. The average Bonchev–Trinajstić information content (AvgIpc) is 2.83. The zero-order valence-electron chi connectivity index (χ0n) is 21.4. The number of carbonyl (C=O) groups is 2. The van der Waals surface area contributed by atoms with Crippen LogP contribution in [0.4, 0.5) is 50.0 Å². The number of alkyl halides is 9. The number of hydrogen-bond acceptors (Lipinski definition) is 3. The van der Waals surface area contributed by atoms with Crippen molar-refractivity contribution >= 4 is 18.2 Å². The average molecular weight is 584 g/mol. The Labute approximate surface area is 223 Å². The third-order valence-corrected chi connectivity index (χ3v) is 6.39. The standard InChI is InChI=1S/C26H25F9N2O3/c1-4-19-11-22(20-10-16(24(27,28)29)5-6-21(20)37(19)23(39)40-14(2)3)36(13-38)12-15-7-17(25(30,31)32)9-18(8-15)26(33,34)35/h5-10,13-14,19,22H,4,11-12H2,1-3H3/t19-,22+/m0/s1. The van der Waals surface area contributed by atoms with Crippen LogP contribution in [0.5, 0.6) is 0 Å². The molecule has 2 aromatic carbocycles. The Balaban J connectivity index is 2.15. The van der Waals surface area contributed by atoms with Crippen LogP contribution in [-0.4, -0.2) is 29.5 Å². The second kappa shape index (κ2) is 11.2. The minimum atomic E-state index is -5.13. The van der Waals surface area contributed by atoms with E-state index in [0.29, 0.717) is 18.2 Å². The largest absolute Gasteiger partial charge is 0.446 e. The molecular weight excluding hydrogens is 559 g/mol. The van der Waals surface area contributed by atoms with Gasteiger partial charge in [0, 0.05) is 12.6 Å². The van der Waals surface area contributed by atoms with Gasteiger partial charge in [0.05, 0.1) is 34.5 Å². The molecule has 1 aliphatic rings. The summed E-state index contributed by atoms with van der Waals surface area (Å²) in [6, 6.07) is 1.38. The molecule has 220 valence electrons. The Kier molecular flexibility index (Phi) is 8.70. The number of carbonyl (C=O) groups excluding carboxylic acids is 2. The van der Waals surface area contributed by atoms with Gasteiger partial charge in [-0.1, -0.05) is 6.92 Å². The smallest absolute Gasteiger partial charge is 0.416 e. The number of rotatable bonds is 6. The minimum Gasteiger partial charge on any atom is -0.446 e. The van der Waals surface area contributed by atoms with E-state index in [-0.39, 0.29) is 36.6 Å². The summed E-state index contributed by atoms with van der Waals surface area (Å²) in [5, 5.41) is 0. The van der Waals surface area contributed by atoms with Crippen LogP contribution < -0.4 is 4.90 Å². The molecule has 2 atom stereocenters. The van der Waals surface area contributed by atoms with Gasteiger partial charge < -0.3 is 9.64 Å². The summed E-state index contributed by atoms with van der Waals surface area (Å²) in [7, 11) is 0. The van der Waals surface area contributed by atoms with E-state index >= 15 is 0 Å². The summed E-state index contributed by atoms with van der Waals surface area (Å²) < 4.78 is 126. The molecule has 2 amide bonds. The second-order valence-corrected chi connectivity index (χ2v) is 9.58. The van der Waals surface area contributed by atoms with Gasteiger partial charge in [0.25, 0.3) is 0 Å². The maximum Gasteiger partial charge on any atom is 0.416 e. The highest BCUT2D eigenvalue weighted by Crippen LogP contribution is 2.45. The van der Waals surface area contributed by atoms with Gasteiger partial charge in [-0.2, -0.15) is 39.5 Å². The Bertz CT molecular complexity index is 1210. The molecule has 0 N–H and O–H groups in total. The van der Waals surface area contributed by atoms with Crippen LogP contribution in [-0.2, 0) is 34.6 Å². The van der Waals surface area contributed by atoms with Gasteiger partial charge in [0.1, 0.15) is 0 Å². The number of nitrogens with zero attached hydrogens (tertiary/aromatic N) is 2. The molecule has 0 spiro atoms. The fourth-order valence-corrected chi connectivity index (χ4v) is 4.62. The summed E-state index contributed by atoms with van der Waals surface area (Å²) >= 11 is 0. The van der Waals surface area contributed by atoms with Crippen molar-refractivity contribution in [1.82, 2.24) is 4.90 Å². The molecule has 14 heteroatoms. The summed E-state index contributed by atoms with van der Waals surface area (Å²) in [6.45, 7) is 4.03. The number of amides is 2. The molecule has 1 heterocycles. The van der Waals surface area contributed by atoms with Crippen molar-refractivity contribution in [2.45, 2.75) is 76.9 Å². The predicted molar refractivity (Wildman–Crippen MR) is 125 cm³/mol. The van der Waals surface area contributed by atoms with Crippen molar-refractivity contribution in [3.63, 3.8) is 0 Å². The van der Waals surface area contributed by atoms with Crippen LogP contribution in [0.3, 0.4) is 0 Å². The molecule has 0 saturated carbocycles. The monoisotopic (exact) mass is 584 g/mol. The van der Waals surface area contributed by atoms with Crippen molar-refractivity contribution < 1.29 is 53.8 Å². The third-order valence-electron chi connectivity index (χ3n) is 6.39. The highest BCUT2D eigenvalue weighted by Gasteiger charge is 2.42. The molecule has 40 heavy (non-hydrogen) atoms. The number of halogens is 9. The molecule has 0 aliphatic carbocycles. The van der Waals surface area contributed by atoms with Gasteiger partial charge in [-0.3, -0.25) is 9.69 Å². The third kappa shape index (κ3) is 6.81.